The van der Waals surface area contributed by atoms with Crippen LogP contribution in [0, 0.1) is 6.92 Å². The third-order valence-corrected chi connectivity index (χ3v) is 8.74. The summed E-state index contributed by atoms with van der Waals surface area (Å²) in [4.78, 5) is 26.3. The summed E-state index contributed by atoms with van der Waals surface area (Å²) >= 11 is 7.51. The van der Waals surface area contributed by atoms with Crippen molar-refractivity contribution in [1.82, 2.24) is 15.2 Å². The first-order valence-corrected chi connectivity index (χ1v) is 12.4. The van der Waals surface area contributed by atoms with Gasteiger partial charge in [0.15, 0.2) is 0 Å². The van der Waals surface area contributed by atoms with Crippen molar-refractivity contribution >= 4 is 44.8 Å². The average molecular weight is 470 g/mol. The summed E-state index contributed by atoms with van der Waals surface area (Å²) in [6.07, 6.45) is 3.41. The summed E-state index contributed by atoms with van der Waals surface area (Å²) in [6.45, 7) is 4.82. The van der Waals surface area contributed by atoms with E-state index in [1.54, 1.807) is 6.07 Å². The second-order valence-corrected chi connectivity index (χ2v) is 10.5. The normalized spacial score (nSPS) is 15.0. The zero-order chi connectivity index (χ0) is 21.9. The minimum atomic E-state index is -3.79. The second kappa shape index (κ2) is 9.47. The van der Waals surface area contributed by atoms with Crippen molar-refractivity contribution in [2.75, 3.05) is 13.1 Å². The van der Waals surface area contributed by atoms with Crippen LogP contribution in [0.4, 0.5) is 0 Å². The van der Waals surface area contributed by atoms with Gasteiger partial charge in [-0.3, -0.25) is 20.4 Å². The Morgan fingerprint density at radius 2 is 1.77 bits per heavy atom. The number of carbonyl (C=O) groups is 2. The number of thiophene rings is 1. The molecule has 0 spiro atoms. The highest BCUT2D eigenvalue weighted by molar-refractivity contribution is 7.89. The fraction of sp³-hybridized carbons (Fsp3) is 0.400. The molecule has 3 rings (SSSR count). The van der Waals surface area contributed by atoms with Crippen molar-refractivity contribution in [2.24, 2.45) is 0 Å². The van der Waals surface area contributed by atoms with Gasteiger partial charge < -0.3 is 0 Å². The van der Waals surface area contributed by atoms with Gasteiger partial charge in [0.05, 0.1) is 9.90 Å². The van der Waals surface area contributed by atoms with Gasteiger partial charge in [0.25, 0.3) is 11.8 Å². The van der Waals surface area contributed by atoms with Crippen molar-refractivity contribution in [2.45, 2.75) is 44.4 Å². The molecule has 0 saturated carbocycles. The predicted molar refractivity (Wildman–Crippen MR) is 117 cm³/mol. The molecule has 162 valence electrons. The number of benzene rings is 1. The molecule has 2 amide bonds. The molecule has 0 unspecified atom stereocenters. The number of sulfonamides is 1. The summed E-state index contributed by atoms with van der Waals surface area (Å²) in [5.41, 5.74) is 5.84. The van der Waals surface area contributed by atoms with Crippen LogP contribution in [0.1, 0.15) is 56.7 Å². The molecular formula is C20H24ClN3O4S2. The molecule has 1 saturated heterocycles. The van der Waals surface area contributed by atoms with Crippen LogP contribution in [0.2, 0.25) is 5.02 Å². The molecule has 1 aliphatic heterocycles. The molecule has 2 aromatic rings. The quantitative estimate of drug-likeness (QED) is 0.655. The molecule has 7 nitrogen and oxygen atoms in total. The molecule has 1 aromatic heterocycles. The number of hydrogen-bond donors (Lipinski definition) is 2. The number of amides is 2. The maximum atomic E-state index is 12.9. The first-order chi connectivity index (χ1) is 14.2. The Morgan fingerprint density at radius 1 is 1.10 bits per heavy atom. The van der Waals surface area contributed by atoms with E-state index in [0.717, 1.165) is 36.1 Å². The van der Waals surface area contributed by atoms with Crippen LogP contribution < -0.4 is 10.9 Å². The Kier molecular flexibility index (Phi) is 7.18. The Labute approximate surface area is 185 Å². The van der Waals surface area contributed by atoms with Crippen LogP contribution in [0.25, 0.3) is 0 Å². The summed E-state index contributed by atoms with van der Waals surface area (Å²) in [6, 6.07) is 5.82. The van der Waals surface area contributed by atoms with Gasteiger partial charge in [0.2, 0.25) is 10.0 Å². The lowest BCUT2D eigenvalue weighted by Gasteiger charge is -2.26. The lowest BCUT2D eigenvalue weighted by Crippen LogP contribution is -2.41. The molecule has 0 bridgehead atoms. The SMILES string of the molecule is CCc1sc(C(=O)NNC(=O)c2ccc(Cl)c(S(=O)(=O)N3CCCCC3)c2)cc1C. The third kappa shape index (κ3) is 4.85. The molecule has 1 aromatic carbocycles. The van der Waals surface area contributed by atoms with E-state index in [1.807, 2.05) is 13.8 Å². The predicted octanol–water partition coefficient (Wildman–Crippen LogP) is 3.52. The van der Waals surface area contributed by atoms with E-state index < -0.39 is 21.8 Å². The number of halogens is 1. The van der Waals surface area contributed by atoms with Crippen LogP contribution in [-0.2, 0) is 16.4 Å². The molecule has 30 heavy (non-hydrogen) atoms. The Hall–Kier alpha value is -1.94. The molecule has 2 heterocycles. The number of nitrogens with zero attached hydrogens (tertiary/aromatic N) is 1. The number of nitrogens with one attached hydrogen (secondary N) is 2. The molecule has 0 radical (unpaired) electrons. The standard InChI is InChI=1S/C20H24ClN3O4S2/c1-3-16-13(2)11-17(29-16)20(26)23-22-19(25)14-7-8-15(21)18(12-14)30(27,28)24-9-5-4-6-10-24/h7-8,11-12H,3-6,9-10H2,1-2H3,(H,22,25)(H,23,26). The Bertz CT molecular complexity index is 1060. The lowest BCUT2D eigenvalue weighted by molar-refractivity contribution is 0.0848. The fourth-order valence-electron chi connectivity index (χ4n) is 3.32. The van der Waals surface area contributed by atoms with E-state index in [2.05, 4.69) is 10.9 Å². The van der Waals surface area contributed by atoms with E-state index in [-0.39, 0.29) is 15.5 Å². The first kappa shape index (κ1) is 22.7. The lowest BCUT2D eigenvalue weighted by atomic mass is 10.2. The Balaban J connectivity index is 1.73. The largest absolute Gasteiger partial charge is 0.279 e. The maximum Gasteiger partial charge on any atom is 0.279 e. The van der Waals surface area contributed by atoms with Crippen LogP contribution in [0.5, 0.6) is 0 Å². The van der Waals surface area contributed by atoms with Crippen molar-refractivity contribution in [3.8, 4) is 0 Å². The topological polar surface area (TPSA) is 95.6 Å². The van der Waals surface area contributed by atoms with Crippen molar-refractivity contribution < 1.29 is 18.0 Å². The molecule has 1 fully saturated rings. The first-order valence-electron chi connectivity index (χ1n) is 9.73. The molecule has 1 aliphatic rings. The van der Waals surface area contributed by atoms with Gasteiger partial charge in [-0.1, -0.05) is 24.9 Å². The average Bonchev–Trinajstić information content (AvgIpc) is 3.13. The van der Waals surface area contributed by atoms with E-state index in [1.165, 1.54) is 33.8 Å². The van der Waals surface area contributed by atoms with Gasteiger partial charge in [-0.15, -0.1) is 11.3 Å². The number of rotatable bonds is 5. The molecule has 2 N–H and O–H groups in total. The summed E-state index contributed by atoms with van der Waals surface area (Å²) in [5.74, 6) is -1.05. The maximum absolute atomic E-state index is 12.9. The van der Waals surface area contributed by atoms with Gasteiger partial charge in [-0.2, -0.15) is 4.31 Å². The minimum absolute atomic E-state index is 0.0577. The van der Waals surface area contributed by atoms with Gasteiger partial charge in [0, 0.05) is 23.5 Å². The highest BCUT2D eigenvalue weighted by Gasteiger charge is 2.28. The smallest absolute Gasteiger partial charge is 0.267 e. The highest BCUT2D eigenvalue weighted by atomic mass is 35.5. The van der Waals surface area contributed by atoms with Crippen LogP contribution in [0.3, 0.4) is 0 Å². The number of hydrazine groups is 1. The third-order valence-electron chi connectivity index (χ3n) is 4.98. The van der Waals surface area contributed by atoms with Gasteiger partial charge in [-0.05, 0) is 56.0 Å². The van der Waals surface area contributed by atoms with Crippen LogP contribution >= 0.6 is 22.9 Å². The van der Waals surface area contributed by atoms with E-state index >= 15 is 0 Å². The van der Waals surface area contributed by atoms with Crippen molar-refractivity contribution in [3.05, 3.63) is 50.2 Å². The number of hydrogen-bond acceptors (Lipinski definition) is 5. The summed E-state index contributed by atoms with van der Waals surface area (Å²) in [7, 11) is -3.79. The molecule has 0 atom stereocenters. The number of carbonyl (C=O) groups excluding carboxylic acids is 2. The molecule has 10 heteroatoms. The van der Waals surface area contributed by atoms with Gasteiger partial charge in [-0.25, -0.2) is 8.42 Å². The molecule has 0 aliphatic carbocycles. The summed E-state index contributed by atoms with van der Waals surface area (Å²) < 4.78 is 27.3. The van der Waals surface area contributed by atoms with E-state index in [4.69, 9.17) is 11.6 Å². The highest BCUT2D eigenvalue weighted by Crippen LogP contribution is 2.28. The van der Waals surface area contributed by atoms with Crippen molar-refractivity contribution in [1.29, 1.82) is 0 Å². The van der Waals surface area contributed by atoms with Crippen molar-refractivity contribution in [3.63, 3.8) is 0 Å². The second-order valence-electron chi connectivity index (χ2n) is 7.09. The fourth-order valence-corrected chi connectivity index (χ4v) is 6.34. The zero-order valence-electron chi connectivity index (χ0n) is 16.8. The van der Waals surface area contributed by atoms with E-state index in [9.17, 15) is 18.0 Å². The van der Waals surface area contributed by atoms with E-state index in [0.29, 0.717) is 18.0 Å². The van der Waals surface area contributed by atoms with Crippen LogP contribution in [-0.4, -0.2) is 37.6 Å². The number of piperidine rings is 1. The molecular weight excluding hydrogens is 446 g/mol. The van der Waals surface area contributed by atoms with Crippen LogP contribution in [0.15, 0.2) is 29.2 Å². The number of aryl methyl sites for hydroxylation is 2. The zero-order valence-corrected chi connectivity index (χ0v) is 19.2. The monoisotopic (exact) mass is 469 g/mol. The van der Waals surface area contributed by atoms with Gasteiger partial charge >= 0.3 is 0 Å². The summed E-state index contributed by atoms with van der Waals surface area (Å²) in [5, 5.41) is 0.0577. The Morgan fingerprint density at radius 3 is 2.40 bits per heavy atom. The van der Waals surface area contributed by atoms with Gasteiger partial charge in [0.1, 0.15) is 4.90 Å². The minimum Gasteiger partial charge on any atom is -0.267 e.